The maximum Gasteiger partial charge on any atom is 0.259 e. The van der Waals surface area contributed by atoms with Gasteiger partial charge in [0.05, 0.1) is 24.8 Å². The van der Waals surface area contributed by atoms with Gasteiger partial charge in [0, 0.05) is 42.6 Å². The molecule has 0 fully saturated rings. The number of aromatic nitrogens is 2. The molecule has 0 saturated carbocycles. The molecular weight excluding hydrogens is 452 g/mol. The van der Waals surface area contributed by atoms with Crippen molar-refractivity contribution < 1.29 is 19.4 Å². The summed E-state index contributed by atoms with van der Waals surface area (Å²) >= 11 is 3.35. The van der Waals surface area contributed by atoms with Crippen LogP contribution < -0.4 is 4.74 Å². The third kappa shape index (κ3) is 4.79. The summed E-state index contributed by atoms with van der Waals surface area (Å²) in [6.45, 7) is 4.29. The van der Waals surface area contributed by atoms with Crippen molar-refractivity contribution in [3.8, 4) is 5.88 Å². The van der Waals surface area contributed by atoms with E-state index in [0.717, 1.165) is 0 Å². The Kier molecular flexibility index (Phi) is 7.04. The van der Waals surface area contributed by atoms with Crippen molar-refractivity contribution in [2.24, 2.45) is 5.92 Å². The number of hydrogen-bond donors (Lipinski definition) is 1. The first-order valence-corrected chi connectivity index (χ1v) is 10.5. The molecule has 0 aliphatic carbocycles. The summed E-state index contributed by atoms with van der Waals surface area (Å²) in [5.41, 5.74) is 0.814. The van der Waals surface area contributed by atoms with Crippen molar-refractivity contribution in [3.63, 3.8) is 0 Å². The third-order valence-corrected chi connectivity index (χ3v) is 5.63. The Labute approximate surface area is 184 Å². The lowest BCUT2D eigenvalue weighted by atomic mass is 10.00. The van der Waals surface area contributed by atoms with Gasteiger partial charge in [-0.3, -0.25) is 14.6 Å². The predicted octanol–water partition coefficient (Wildman–Crippen LogP) is 2.23. The molecule has 0 bridgehead atoms. The number of aliphatic hydroxyl groups is 1. The first-order chi connectivity index (χ1) is 14.3. The molecule has 3 atom stereocenters. The van der Waals surface area contributed by atoms with Gasteiger partial charge >= 0.3 is 0 Å². The molecule has 0 radical (unpaired) electrons. The van der Waals surface area contributed by atoms with E-state index in [0.29, 0.717) is 28.7 Å². The molecule has 0 unspecified atom stereocenters. The largest absolute Gasteiger partial charge is 0.472 e. The van der Waals surface area contributed by atoms with Crippen molar-refractivity contribution in [3.05, 3.63) is 52.4 Å². The van der Waals surface area contributed by atoms with Crippen molar-refractivity contribution >= 4 is 27.7 Å². The summed E-state index contributed by atoms with van der Waals surface area (Å²) in [6, 6.07) is 4.74. The standard InChI is InChI=1S/C21H25BrN4O4/c1-13-10-26(14(2)12-27)21(29)17-7-16(22)9-24-19(17)30-18(13)11-25(3)20(28)15-5-4-6-23-8-15/h4-9,13-14,18,27H,10-12H2,1-3H3/t13-,14-,18+/m1/s1. The molecule has 1 N–H and O–H groups in total. The Morgan fingerprint density at radius 3 is 2.90 bits per heavy atom. The number of ether oxygens (including phenoxy) is 1. The molecule has 2 aromatic rings. The number of carbonyl (C=O) groups excluding carboxylic acids is 2. The molecule has 2 aromatic heterocycles. The number of hydrogen-bond acceptors (Lipinski definition) is 6. The van der Waals surface area contributed by atoms with Crippen LogP contribution in [0.1, 0.15) is 34.6 Å². The Morgan fingerprint density at radius 1 is 1.47 bits per heavy atom. The maximum atomic E-state index is 13.1. The molecule has 8 nitrogen and oxygen atoms in total. The molecule has 9 heteroatoms. The van der Waals surface area contributed by atoms with E-state index < -0.39 is 6.10 Å². The lowest BCUT2D eigenvalue weighted by molar-refractivity contribution is 0.0313. The number of aliphatic hydroxyl groups excluding tert-OH is 1. The van der Waals surface area contributed by atoms with Crippen LogP contribution >= 0.6 is 15.9 Å². The predicted molar refractivity (Wildman–Crippen MR) is 114 cm³/mol. The highest BCUT2D eigenvalue weighted by molar-refractivity contribution is 9.10. The lowest BCUT2D eigenvalue weighted by Crippen LogP contribution is -2.50. The van der Waals surface area contributed by atoms with E-state index in [4.69, 9.17) is 4.74 Å². The van der Waals surface area contributed by atoms with Crippen LogP contribution in [0.2, 0.25) is 0 Å². The SMILES string of the molecule is C[C@@H]1CN([C@H](C)CO)C(=O)c2cc(Br)cnc2O[C@H]1CN(C)C(=O)c1cccnc1. The zero-order chi connectivity index (χ0) is 21.8. The van der Waals surface area contributed by atoms with Crippen LogP contribution in [0.15, 0.2) is 41.3 Å². The third-order valence-electron chi connectivity index (χ3n) is 5.20. The highest BCUT2D eigenvalue weighted by atomic mass is 79.9. The minimum absolute atomic E-state index is 0.106. The van der Waals surface area contributed by atoms with Gasteiger partial charge in [0.1, 0.15) is 11.7 Å². The fourth-order valence-corrected chi connectivity index (χ4v) is 3.69. The smallest absolute Gasteiger partial charge is 0.259 e. The highest BCUT2D eigenvalue weighted by Crippen LogP contribution is 2.28. The molecule has 3 heterocycles. The van der Waals surface area contributed by atoms with Gasteiger partial charge in [-0.15, -0.1) is 0 Å². The molecular formula is C21H25BrN4O4. The maximum absolute atomic E-state index is 13.1. The molecule has 0 saturated heterocycles. The van der Waals surface area contributed by atoms with Crippen LogP contribution in [0.3, 0.4) is 0 Å². The number of amides is 2. The topological polar surface area (TPSA) is 95.9 Å². The average Bonchev–Trinajstić information content (AvgIpc) is 2.76. The van der Waals surface area contributed by atoms with Crippen molar-refractivity contribution in [2.75, 3.05) is 26.7 Å². The molecule has 3 rings (SSSR count). The molecule has 160 valence electrons. The zero-order valence-electron chi connectivity index (χ0n) is 17.2. The van der Waals surface area contributed by atoms with E-state index in [1.165, 1.54) is 6.20 Å². The second-order valence-corrected chi connectivity index (χ2v) is 8.47. The van der Waals surface area contributed by atoms with E-state index in [1.54, 1.807) is 54.4 Å². The zero-order valence-corrected chi connectivity index (χ0v) is 18.7. The van der Waals surface area contributed by atoms with Crippen molar-refractivity contribution in [1.29, 1.82) is 0 Å². The summed E-state index contributed by atoms with van der Waals surface area (Å²) in [6.07, 6.45) is 4.31. The number of pyridine rings is 2. The molecule has 0 aromatic carbocycles. The Bertz CT molecular complexity index is 911. The summed E-state index contributed by atoms with van der Waals surface area (Å²) < 4.78 is 6.80. The molecule has 30 heavy (non-hydrogen) atoms. The Balaban J connectivity index is 1.90. The summed E-state index contributed by atoms with van der Waals surface area (Å²) in [5, 5.41) is 9.66. The van der Waals surface area contributed by atoms with Crippen LogP contribution in [0.5, 0.6) is 5.88 Å². The molecule has 0 spiro atoms. The van der Waals surface area contributed by atoms with Gasteiger partial charge in [0.2, 0.25) is 5.88 Å². The van der Waals surface area contributed by atoms with E-state index in [-0.39, 0.29) is 36.3 Å². The molecule has 2 amide bonds. The van der Waals surface area contributed by atoms with Gasteiger partial charge in [-0.1, -0.05) is 6.92 Å². The number of rotatable bonds is 5. The van der Waals surface area contributed by atoms with Gasteiger partial charge in [-0.2, -0.15) is 0 Å². The summed E-state index contributed by atoms with van der Waals surface area (Å²) in [4.78, 5) is 37.4. The Morgan fingerprint density at radius 2 is 2.23 bits per heavy atom. The lowest BCUT2D eigenvalue weighted by Gasteiger charge is -2.37. The quantitative estimate of drug-likeness (QED) is 0.710. The summed E-state index contributed by atoms with van der Waals surface area (Å²) in [7, 11) is 1.71. The van der Waals surface area contributed by atoms with Crippen LogP contribution in [0.25, 0.3) is 0 Å². The van der Waals surface area contributed by atoms with E-state index in [9.17, 15) is 14.7 Å². The monoisotopic (exact) mass is 476 g/mol. The van der Waals surface area contributed by atoms with Gasteiger partial charge in [-0.25, -0.2) is 4.98 Å². The molecule has 1 aliphatic heterocycles. The number of fused-ring (bicyclic) bond motifs is 1. The highest BCUT2D eigenvalue weighted by Gasteiger charge is 2.34. The second-order valence-electron chi connectivity index (χ2n) is 7.56. The van der Waals surface area contributed by atoms with E-state index in [1.807, 2.05) is 6.92 Å². The van der Waals surface area contributed by atoms with Crippen LogP contribution in [-0.4, -0.2) is 75.6 Å². The van der Waals surface area contributed by atoms with Crippen LogP contribution in [0.4, 0.5) is 0 Å². The van der Waals surface area contributed by atoms with Crippen LogP contribution in [-0.2, 0) is 0 Å². The van der Waals surface area contributed by atoms with Crippen molar-refractivity contribution in [1.82, 2.24) is 19.8 Å². The van der Waals surface area contributed by atoms with Gasteiger partial charge in [0.25, 0.3) is 11.8 Å². The van der Waals surface area contributed by atoms with Crippen LogP contribution in [0, 0.1) is 5.92 Å². The first-order valence-electron chi connectivity index (χ1n) is 9.71. The Hall–Kier alpha value is -2.52. The number of likely N-dealkylation sites (N-methyl/N-ethyl adjacent to an activating group) is 1. The number of nitrogens with zero attached hydrogens (tertiary/aromatic N) is 4. The van der Waals surface area contributed by atoms with Crippen molar-refractivity contribution in [2.45, 2.75) is 26.0 Å². The summed E-state index contributed by atoms with van der Waals surface area (Å²) in [5.74, 6) is -0.296. The minimum atomic E-state index is -0.399. The second kappa shape index (κ2) is 9.53. The van der Waals surface area contributed by atoms with Gasteiger partial charge in [0.15, 0.2) is 0 Å². The van der Waals surface area contributed by atoms with Gasteiger partial charge in [-0.05, 0) is 41.1 Å². The fraction of sp³-hybridized carbons (Fsp3) is 0.429. The van der Waals surface area contributed by atoms with E-state index in [2.05, 4.69) is 25.9 Å². The first kappa shape index (κ1) is 22.2. The molecule has 1 aliphatic rings. The number of halogens is 1. The average molecular weight is 477 g/mol. The van der Waals surface area contributed by atoms with Gasteiger partial charge < -0.3 is 19.6 Å². The normalized spacial score (nSPS) is 19.9. The minimum Gasteiger partial charge on any atom is -0.472 e. The fourth-order valence-electron chi connectivity index (χ4n) is 3.36. The number of carbonyl (C=O) groups is 2. The van der Waals surface area contributed by atoms with E-state index >= 15 is 0 Å².